The van der Waals surface area contributed by atoms with Crippen LogP contribution in [-0.2, 0) is 0 Å². The molecule has 0 aliphatic carbocycles. The minimum absolute atomic E-state index is 0. The van der Waals surface area contributed by atoms with Gasteiger partial charge >= 0.3 is 68.7 Å². The fraction of sp³-hybridized carbons (Fsp3) is 0. The first-order chi connectivity index (χ1) is 4.37. The van der Waals surface area contributed by atoms with Gasteiger partial charge in [0.05, 0.1) is 0 Å². The summed E-state index contributed by atoms with van der Waals surface area (Å²) in [5.74, 6) is 0. The van der Waals surface area contributed by atoms with Crippen LogP contribution in [0.15, 0.2) is 12.2 Å². The Balaban J connectivity index is -0.0000000279. The Hall–Kier alpha value is 1.20. The van der Waals surface area contributed by atoms with Crippen molar-refractivity contribution in [1.82, 2.24) is 0 Å². The first kappa shape index (κ1) is 29.2. The van der Waals surface area contributed by atoms with Crippen LogP contribution in [0.5, 0.6) is 0 Å². The van der Waals surface area contributed by atoms with E-state index in [4.69, 9.17) is 15.1 Å². The van der Waals surface area contributed by atoms with Crippen LogP contribution in [0.4, 0.5) is 17.6 Å². The first-order valence-electron chi connectivity index (χ1n) is 1.71. The van der Waals surface area contributed by atoms with Crippen molar-refractivity contribution in [3.05, 3.63) is 12.2 Å². The van der Waals surface area contributed by atoms with Crippen LogP contribution in [0.2, 0.25) is 0 Å². The Bertz CT molecular complexity index is 104. The van der Waals surface area contributed by atoms with Gasteiger partial charge in [0.25, 0.3) is 0 Å². The number of hydrogen-bond acceptors (Lipinski definition) is 3. The number of rotatable bonds is 0. The maximum absolute atomic E-state index is 10.3. The van der Waals surface area contributed by atoms with E-state index in [-0.39, 0.29) is 56.6 Å². The van der Waals surface area contributed by atoms with Gasteiger partial charge in [0.2, 0.25) is 0 Å². The van der Waals surface area contributed by atoms with Crippen molar-refractivity contribution >= 4 is 7.32 Å². The Labute approximate surface area is 108 Å². The normalized spacial score (nSPS) is 5.77. The quantitative estimate of drug-likeness (QED) is 0.274. The summed E-state index contributed by atoms with van der Waals surface area (Å²) < 4.78 is 41.1. The SMILES string of the molecule is FC(F)=C(F)F.[Li+].[Li+].[Li+].[O-]B([O-])[O-]. The second kappa shape index (κ2) is 18.9. The monoisotopic (exact) mass is 180 g/mol. The van der Waals surface area contributed by atoms with E-state index in [1.54, 1.807) is 0 Å². The fourth-order valence-corrected chi connectivity index (χ4v) is 0. The van der Waals surface area contributed by atoms with Crippen molar-refractivity contribution in [3.63, 3.8) is 0 Å². The largest absolute Gasteiger partial charge is 1.00 e. The van der Waals surface area contributed by atoms with E-state index in [1.807, 2.05) is 0 Å². The van der Waals surface area contributed by atoms with Gasteiger partial charge in [-0.2, -0.15) is 17.6 Å². The molecule has 0 fully saturated rings. The van der Waals surface area contributed by atoms with Crippen LogP contribution in [0, 0.1) is 0 Å². The molecular weight excluding hydrogens is 180 g/mol. The molecule has 0 atom stereocenters. The van der Waals surface area contributed by atoms with Crippen LogP contribution in [-0.4, -0.2) is 7.32 Å². The van der Waals surface area contributed by atoms with Gasteiger partial charge in [-0.1, -0.05) is 0 Å². The van der Waals surface area contributed by atoms with E-state index in [0.29, 0.717) is 0 Å². The van der Waals surface area contributed by atoms with Crippen molar-refractivity contribution < 1.29 is 89.2 Å². The molecule has 11 heteroatoms. The second-order valence-electron chi connectivity index (χ2n) is 0.809. The second-order valence-corrected chi connectivity index (χ2v) is 0.809. The maximum atomic E-state index is 10.3. The zero-order chi connectivity index (χ0) is 8.73. The summed E-state index contributed by atoms with van der Waals surface area (Å²) in [6, 6.07) is 0. The first-order valence-corrected chi connectivity index (χ1v) is 1.71. The van der Waals surface area contributed by atoms with Crippen molar-refractivity contribution in [1.29, 1.82) is 0 Å². The van der Waals surface area contributed by atoms with Gasteiger partial charge in [-0.05, 0) is 0 Å². The predicted octanol–water partition coefficient (Wildman–Crippen LogP) is -10.9. The maximum Gasteiger partial charge on any atom is 1.00 e. The van der Waals surface area contributed by atoms with Gasteiger partial charge in [0, 0.05) is 0 Å². The van der Waals surface area contributed by atoms with Gasteiger partial charge in [-0.15, -0.1) is 0 Å². The molecule has 0 saturated heterocycles. The third-order valence-electron chi connectivity index (χ3n) is 0.143. The average molecular weight is 180 g/mol. The average Bonchev–Trinajstić information content (AvgIpc) is 1.63. The zero-order valence-electron chi connectivity index (χ0n) is 7.31. The van der Waals surface area contributed by atoms with Crippen molar-refractivity contribution in [2.75, 3.05) is 0 Å². The summed E-state index contributed by atoms with van der Waals surface area (Å²) in [5, 5.41) is 25.2. The van der Waals surface area contributed by atoms with E-state index in [2.05, 4.69) is 0 Å². The van der Waals surface area contributed by atoms with Gasteiger partial charge in [0.1, 0.15) is 0 Å². The molecule has 13 heavy (non-hydrogen) atoms. The van der Waals surface area contributed by atoms with Crippen LogP contribution in [0.3, 0.4) is 0 Å². The Morgan fingerprint density at radius 3 is 0.769 bits per heavy atom. The standard InChI is InChI=1S/C2F4.BO3.3Li/c3-1(4)2(5)6;2-1(3)4;;;/q;-3;3*+1. The van der Waals surface area contributed by atoms with E-state index < -0.39 is 19.5 Å². The molecule has 0 aliphatic rings. The predicted molar refractivity (Wildman–Crippen MR) is 17.2 cm³/mol. The molecule has 0 N–H and O–H groups in total. The number of hydrogen-bond donors (Lipinski definition) is 0. The van der Waals surface area contributed by atoms with Crippen molar-refractivity contribution in [2.24, 2.45) is 0 Å². The zero-order valence-corrected chi connectivity index (χ0v) is 7.31. The summed E-state index contributed by atoms with van der Waals surface area (Å²) >= 11 is 0. The fourth-order valence-electron chi connectivity index (χ4n) is 0. The van der Waals surface area contributed by atoms with Gasteiger partial charge < -0.3 is 15.1 Å². The molecule has 0 heterocycles. The Morgan fingerprint density at radius 2 is 0.769 bits per heavy atom. The molecule has 0 spiro atoms. The molecule has 0 saturated carbocycles. The third-order valence-corrected chi connectivity index (χ3v) is 0.143. The molecular formula is C2BF4Li3O3. The smallest absolute Gasteiger partial charge is 0.907 e. The van der Waals surface area contributed by atoms with Crippen LogP contribution in [0.1, 0.15) is 0 Å². The molecule has 0 radical (unpaired) electrons. The van der Waals surface area contributed by atoms with E-state index in [0.717, 1.165) is 0 Å². The molecule has 0 aromatic heterocycles. The minimum Gasteiger partial charge on any atom is -0.907 e. The molecule has 0 rings (SSSR count). The summed E-state index contributed by atoms with van der Waals surface area (Å²) in [4.78, 5) is 0. The molecule has 60 valence electrons. The molecule has 0 aromatic carbocycles. The molecule has 0 bridgehead atoms. The Morgan fingerprint density at radius 1 is 0.692 bits per heavy atom. The molecule has 0 aliphatic heterocycles. The molecule has 0 aromatic rings. The van der Waals surface area contributed by atoms with Gasteiger partial charge in [0.15, 0.2) is 0 Å². The minimum atomic E-state index is -2.92. The van der Waals surface area contributed by atoms with Crippen molar-refractivity contribution in [3.8, 4) is 0 Å². The van der Waals surface area contributed by atoms with E-state index >= 15 is 0 Å². The van der Waals surface area contributed by atoms with Crippen LogP contribution in [0.25, 0.3) is 0 Å². The Kier molecular flexibility index (Phi) is 42.5. The molecule has 0 amide bonds. The van der Waals surface area contributed by atoms with Crippen LogP contribution < -0.4 is 71.7 Å². The van der Waals surface area contributed by atoms with Gasteiger partial charge in [-0.25, -0.2) is 0 Å². The van der Waals surface area contributed by atoms with Gasteiger partial charge in [-0.3, -0.25) is 7.32 Å². The molecule has 0 unspecified atom stereocenters. The van der Waals surface area contributed by atoms with Crippen LogP contribution >= 0.6 is 0 Å². The van der Waals surface area contributed by atoms with Crippen molar-refractivity contribution in [2.45, 2.75) is 0 Å². The summed E-state index contributed by atoms with van der Waals surface area (Å²) in [6.07, 6.45) is -5.81. The summed E-state index contributed by atoms with van der Waals surface area (Å²) in [5.41, 5.74) is 0. The third kappa shape index (κ3) is 61.3. The summed E-state index contributed by atoms with van der Waals surface area (Å²) in [7, 11) is -2.92. The van der Waals surface area contributed by atoms with E-state index in [1.165, 1.54) is 0 Å². The summed E-state index contributed by atoms with van der Waals surface area (Å²) in [6.45, 7) is 0. The van der Waals surface area contributed by atoms with E-state index in [9.17, 15) is 17.6 Å². The molecule has 3 nitrogen and oxygen atoms in total. The topological polar surface area (TPSA) is 69.2 Å². The number of halogens is 4.